The fraction of sp³-hybridized carbons (Fsp3) is 0.353. The van der Waals surface area contributed by atoms with Crippen molar-refractivity contribution in [3.63, 3.8) is 0 Å². The van der Waals surface area contributed by atoms with E-state index in [1.165, 1.54) is 21.9 Å². The molecule has 1 amide bonds. The van der Waals surface area contributed by atoms with Gasteiger partial charge in [0, 0.05) is 10.6 Å². The van der Waals surface area contributed by atoms with Crippen LogP contribution in [0.2, 0.25) is 0 Å². The van der Waals surface area contributed by atoms with Crippen molar-refractivity contribution in [2.24, 2.45) is 0 Å². The van der Waals surface area contributed by atoms with Gasteiger partial charge >= 0.3 is 0 Å². The van der Waals surface area contributed by atoms with Crippen LogP contribution >= 0.6 is 11.3 Å². The molecule has 1 aromatic carbocycles. The first-order chi connectivity index (χ1) is 11.2. The van der Waals surface area contributed by atoms with Crippen LogP contribution < -0.4 is 15.1 Å². The van der Waals surface area contributed by atoms with E-state index in [0.29, 0.717) is 13.1 Å². The highest BCUT2D eigenvalue weighted by Crippen LogP contribution is 2.14. The van der Waals surface area contributed by atoms with Gasteiger partial charge in [-0.2, -0.15) is 0 Å². The highest BCUT2D eigenvalue weighted by Gasteiger charge is 2.22. The van der Waals surface area contributed by atoms with Crippen LogP contribution in [0, 0.1) is 5.82 Å². The van der Waals surface area contributed by atoms with Crippen molar-refractivity contribution in [2.45, 2.75) is 6.54 Å². The van der Waals surface area contributed by atoms with E-state index in [1.807, 2.05) is 29.6 Å². The molecule has 23 heavy (non-hydrogen) atoms. The SMILES string of the molecule is O=C(C[NH+]1CCN(c2ccc(F)cc2)CC1)NCc1cccs1. The molecule has 1 saturated heterocycles. The Bertz CT molecular complexity index is 622. The minimum Gasteiger partial charge on any atom is -0.360 e. The number of anilines is 1. The molecule has 122 valence electrons. The molecule has 2 heterocycles. The van der Waals surface area contributed by atoms with Crippen LogP contribution in [0.3, 0.4) is 0 Å². The second-order valence-electron chi connectivity index (χ2n) is 5.75. The predicted octanol–water partition coefficient (Wildman–Crippen LogP) is 0.909. The molecule has 0 radical (unpaired) electrons. The Morgan fingerprint density at radius 2 is 1.96 bits per heavy atom. The lowest BCUT2D eigenvalue weighted by atomic mass is 10.2. The number of piperazine rings is 1. The largest absolute Gasteiger partial charge is 0.360 e. The number of benzene rings is 1. The Morgan fingerprint density at radius 1 is 1.22 bits per heavy atom. The number of halogens is 1. The van der Waals surface area contributed by atoms with Gasteiger partial charge in [-0.15, -0.1) is 11.3 Å². The maximum Gasteiger partial charge on any atom is 0.275 e. The van der Waals surface area contributed by atoms with Crippen molar-refractivity contribution >= 4 is 22.9 Å². The summed E-state index contributed by atoms with van der Waals surface area (Å²) in [5.41, 5.74) is 1.05. The summed E-state index contributed by atoms with van der Waals surface area (Å²) in [7, 11) is 0. The van der Waals surface area contributed by atoms with Crippen molar-refractivity contribution < 1.29 is 14.1 Å². The second-order valence-corrected chi connectivity index (χ2v) is 6.78. The van der Waals surface area contributed by atoms with Crippen LogP contribution in [0.1, 0.15) is 4.88 Å². The molecular weight excluding hydrogens is 313 g/mol. The number of amides is 1. The normalized spacial score (nSPS) is 15.6. The molecule has 0 atom stereocenters. The number of rotatable bonds is 5. The third kappa shape index (κ3) is 4.53. The number of hydrogen-bond donors (Lipinski definition) is 2. The number of nitrogens with zero attached hydrogens (tertiary/aromatic N) is 1. The Balaban J connectivity index is 1.42. The van der Waals surface area contributed by atoms with E-state index in [0.717, 1.165) is 31.9 Å². The van der Waals surface area contributed by atoms with Gasteiger partial charge in [0.15, 0.2) is 6.54 Å². The third-order valence-corrected chi connectivity index (χ3v) is 4.99. The van der Waals surface area contributed by atoms with E-state index in [1.54, 1.807) is 11.3 Å². The van der Waals surface area contributed by atoms with Crippen LogP contribution in [0.5, 0.6) is 0 Å². The summed E-state index contributed by atoms with van der Waals surface area (Å²) in [5, 5.41) is 4.99. The van der Waals surface area contributed by atoms with Gasteiger partial charge in [0.25, 0.3) is 5.91 Å². The molecule has 1 fully saturated rings. The van der Waals surface area contributed by atoms with Crippen LogP contribution in [0.4, 0.5) is 10.1 Å². The maximum absolute atomic E-state index is 13.0. The van der Waals surface area contributed by atoms with Crippen molar-refractivity contribution in [1.82, 2.24) is 5.32 Å². The standard InChI is InChI=1S/C17H20FN3OS/c18-14-3-5-15(6-4-14)21-9-7-20(8-10-21)13-17(22)19-12-16-2-1-11-23-16/h1-6,11H,7-10,12-13H2,(H,19,22)/p+1. The number of thiophene rings is 1. The Morgan fingerprint density at radius 3 is 2.61 bits per heavy atom. The molecule has 2 N–H and O–H groups in total. The second kappa shape index (κ2) is 7.57. The Hall–Kier alpha value is -1.92. The van der Waals surface area contributed by atoms with Crippen LogP contribution in [-0.4, -0.2) is 38.6 Å². The number of carbonyl (C=O) groups excluding carboxylic acids is 1. The molecule has 2 aromatic rings. The zero-order valence-corrected chi connectivity index (χ0v) is 13.7. The summed E-state index contributed by atoms with van der Waals surface area (Å²) in [6.45, 7) is 4.75. The van der Waals surface area contributed by atoms with Gasteiger partial charge in [0.1, 0.15) is 5.82 Å². The van der Waals surface area contributed by atoms with Crippen LogP contribution in [0.15, 0.2) is 41.8 Å². The van der Waals surface area contributed by atoms with Gasteiger partial charge in [0.05, 0.1) is 32.7 Å². The first-order valence-corrected chi connectivity index (χ1v) is 8.72. The molecule has 4 nitrogen and oxygen atoms in total. The zero-order chi connectivity index (χ0) is 16.1. The minimum atomic E-state index is -0.208. The summed E-state index contributed by atoms with van der Waals surface area (Å²) in [6.07, 6.45) is 0. The van der Waals surface area contributed by atoms with Crippen molar-refractivity contribution in [1.29, 1.82) is 0 Å². The minimum absolute atomic E-state index is 0.101. The topological polar surface area (TPSA) is 36.8 Å². The number of carbonyl (C=O) groups is 1. The Kier molecular flexibility index (Phi) is 5.25. The average Bonchev–Trinajstić information content (AvgIpc) is 3.08. The van der Waals surface area contributed by atoms with Crippen molar-refractivity contribution in [3.05, 3.63) is 52.5 Å². The zero-order valence-electron chi connectivity index (χ0n) is 12.9. The lowest BCUT2D eigenvalue weighted by molar-refractivity contribution is -0.892. The molecule has 1 aliphatic rings. The quantitative estimate of drug-likeness (QED) is 0.853. The smallest absolute Gasteiger partial charge is 0.275 e. The first kappa shape index (κ1) is 16.0. The van der Waals surface area contributed by atoms with Gasteiger partial charge in [-0.05, 0) is 35.7 Å². The maximum atomic E-state index is 13.0. The summed E-state index contributed by atoms with van der Waals surface area (Å²) in [5.74, 6) is -0.107. The van der Waals surface area contributed by atoms with E-state index >= 15 is 0 Å². The van der Waals surface area contributed by atoms with E-state index in [-0.39, 0.29) is 11.7 Å². The fourth-order valence-corrected chi connectivity index (χ4v) is 3.44. The molecule has 0 bridgehead atoms. The van der Waals surface area contributed by atoms with Crippen molar-refractivity contribution in [3.8, 4) is 0 Å². The third-order valence-electron chi connectivity index (χ3n) is 4.11. The summed E-state index contributed by atoms with van der Waals surface area (Å²) >= 11 is 1.65. The fourth-order valence-electron chi connectivity index (χ4n) is 2.80. The van der Waals surface area contributed by atoms with Gasteiger partial charge < -0.3 is 15.1 Å². The molecule has 1 aromatic heterocycles. The van der Waals surface area contributed by atoms with Gasteiger partial charge in [0.2, 0.25) is 0 Å². The molecular formula is C17H21FN3OS+. The van der Waals surface area contributed by atoms with E-state index in [9.17, 15) is 9.18 Å². The molecule has 0 saturated carbocycles. The summed E-state index contributed by atoms with van der Waals surface area (Å²) in [4.78, 5) is 16.7. The molecule has 3 rings (SSSR count). The van der Waals surface area contributed by atoms with Crippen LogP contribution in [0.25, 0.3) is 0 Å². The number of nitrogens with one attached hydrogen (secondary N) is 2. The molecule has 0 unspecified atom stereocenters. The summed E-state index contributed by atoms with van der Waals surface area (Å²) in [6, 6.07) is 10.6. The summed E-state index contributed by atoms with van der Waals surface area (Å²) < 4.78 is 13.0. The lowest BCUT2D eigenvalue weighted by Crippen LogP contribution is -3.15. The molecule has 0 spiro atoms. The van der Waals surface area contributed by atoms with Crippen LogP contribution in [-0.2, 0) is 11.3 Å². The van der Waals surface area contributed by atoms with E-state index < -0.39 is 0 Å². The van der Waals surface area contributed by atoms with Gasteiger partial charge in [-0.3, -0.25) is 4.79 Å². The van der Waals surface area contributed by atoms with E-state index in [2.05, 4.69) is 10.2 Å². The highest BCUT2D eigenvalue weighted by atomic mass is 32.1. The number of hydrogen-bond acceptors (Lipinski definition) is 3. The molecule has 1 aliphatic heterocycles. The predicted molar refractivity (Wildman–Crippen MR) is 90.3 cm³/mol. The molecule has 6 heteroatoms. The highest BCUT2D eigenvalue weighted by molar-refractivity contribution is 7.09. The number of quaternary nitrogens is 1. The first-order valence-electron chi connectivity index (χ1n) is 7.84. The lowest BCUT2D eigenvalue weighted by Gasteiger charge is -2.33. The molecule has 0 aliphatic carbocycles. The van der Waals surface area contributed by atoms with Crippen molar-refractivity contribution in [2.75, 3.05) is 37.6 Å². The average molecular weight is 334 g/mol. The van der Waals surface area contributed by atoms with Gasteiger partial charge in [-0.25, -0.2) is 4.39 Å². The Labute approximate surface area is 139 Å². The van der Waals surface area contributed by atoms with Gasteiger partial charge in [-0.1, -0.05) is 6.07 Å². The van der Waals surface area contributed by atoms with E-state index in [4.69, 9.17) is 0 Å². The monoisotopic (exact) mass is 334 g/mol.